The van der Waals surface area contributed by atoms with Gasteiger partial charge in [-0.25, -0.2) is 0 Å². The van der Waals surface area contributed by atoms with Gasteiger partial charge in [0.15, 0.2) is 0 Å². The number of hydrogen-bond donors (Lipinski definition) is 2. The van der Waals surface area contributed by atoms with Crippen molar-refractivity contribution in [3.63, 3.8) is 0 Å². The number of phenols is 1. The fourth-order valence-electron chi connectivity index (χ4n) is 2.91. The van der Waals surface area contributed by atoms with E-state index in [4.69, 9.17) is 0 Å². The minimum Gasteiger partial charge on any atom is -0.508 e. The molecule has 1 aromatic rings. The lowest BCUT2D eigenvalue weighted by molar-refractivity contribution is 0.0869. The molecule has 0 bridgehead atoms. The van der Waals surface area contributed by atoms with Crippen LogP contribution >= 0.6 is 0 Å². The predicted octanol–water partition coefficient (Wildman–Crippen LogP) is 4.44. The average Bonchev–Trinajstić information content (AvgIpc) is 2.43. The van der Waals surface area contributed by atoms with Gasteiger partial charge in [-0.3, -0.25) is 0 Å². The number of rotatable bonds is 5. The van der Waals surface area contributed by atoms with E-state index in [-0.39, 0.29) is 5.75 Å². The first-order chi connectivity index (χ1) is 9.60. The van der Waals surface area contributed by atoms with Gasteiger partial charge in [0, 0.05) is 12.0 Å². The van der Waals surface area contributed by atoms with Crippen LogP contribution in [0.4, 0.5) is 0 Å². The quantitative estimate of drug-likeness (QED) is 0.832. The van der Waals surface area contributed by atoms with E-state index >= 15 is 0 Å². The molecule has 1 aromatic carbocycles. The summed E-state index contributed by atoms with van der Waals surface area (Å²) in [5, 5.41) is 20.9. The molecule has 0 aliphatic heterocycles. The Morgan fingerprint density at radius 2 is 1.70 bits per heavy atom. The van der Waals surface area contributed by atoms with Crippen LogP contribution in [0.25, 0.3) is 0 Å². The zero-order valence-electron chi connectivity index (χ0n) is 12.4. The van der Waals surface area contributed by atoms with Crippen molar-refractivity contribution >= 4 is 0 Å². The van der Waals surface area contributed by atoms with Gasteiger partial charge in [-0.05, 0) is 36.1 Å². The number of aliphatic hydroxyl groups is 1. The highest BCUT2D eigenvalue weighted by Crippen LogP contribution is 2.40. The molecule has 0 heterocycles. The second-order valence-electron chi connectivity index (χ2n) is 5.54. The molecule has 108 valence electrons. The Morgan fingerprint density at radius 1 is 1.05 bits per heavy atom. The molecule has 0 spiro atoms. The Hall–Kier alpha value is -1.54. The summed E-state index contributed by atoms with van der Waals surface area (Å²) in [7, 11) is 0. The number of para-hydroxylation sites is 1. The summed E-state index contributed by atoms with van der Waals surface area (Å²) in [4.78, 5) is 0. The lowest BCUT2D eigenvalue weighted by Gasteiger charge is -2.31. The zero-order valence-corrected chi connectivity index (χ0v) is 12.4. The van der Waals surface area contributed by atoms with E-state index in [9.17, 15) is 10.2 Å². The van der Waals surface area contributed by atoms with Crippen molar-refractivity contribution in [2.75, 3.05) is 0 Å². The van der Waals surface area contributed by atoms with Crippen molar-refractivity contribution < 1.29 is 10.2 Å². The zero-order chi connectivity index (χ0) is 14.6. The first kappa shape index (κ1) is 14.9. The lowest BCUT2D eigenvalue weighted by Crippen LogP contribution is -2.25. The molecule has 1 atom stereocenters. The molecule has 2 heteroatoms. The van der Waals surface area contributed by atoms with Crippen LogP contribution in [-0.2, 0) is 5.60 Å². The topological polar surface area (TPSA) is 40.5 Å². The molecule has 2 N–H and O–H groups in total. The van der Waals surface area contributed by atoms with Crippen molar-refractivity contribution in [3.8, 4) is 5.75 Å². The van der Waals surface area contributed by atoms with E-state index in [0.717, 1.165) is 25.7 Å². The molecule has 0 amide bonds. The van der Waals surface area contributed by atoms with E-state index < -0.39 is 5.60 Å². The Kier molecular flexibility index (Phi) is 4.66. The smallest absolute Gasteiger partial charge is 0.122 e. The summed E-state index contributed by atoms with van der Waals surface area (Å²) < 4.78 is 0. The Labute approximate surface area is 121 Å². The maximum absolute atomic E-state index is 10.9. The highest BCUT2D eigenvalue weighted by molar-refractivity contribution is 5.46. The molecule has 1 aliphatic rings. The van der Waals surface area contributed by atoms with Crippen molar-refractivity contribution in [1.82, 2.24) is 0 Å². The van der Waals surface area contributed by atoms with E-state index in [1.165, 1.54) is 11.1 Å². The van der Waals surface area contributed by atoms with E-state index in [1.54, 1.807) is 18.2 Å². The normalized spacial score (nSPS) is 22.4. The van der Waals surface area contributed by atoms with Gasteiger partial charge >= 0.3 is 0 Å². The first-order valence-electron chi connectivity index (χ1n) is 7.52. The average molecular weight is 272 g/mol. The highest BCUT2D eigenvalue weighted by Gasteiger charge is 2.32. The minimum absolute atomic E-state index is 0.162. The van der Waals surface area contributed by atoms with E-state index in [2.05, 4.69) is 19.9 Å². The maximum Gasteiger partial charge on any atom is 0.122 e. The van der Waals surface area contributed by atoms with Crippen LogP contribution in [0.2, 0.25) is 0 Å². The third kappa shape index (κ3) is 2.96. The van der Waals surface area contributed by atoms with Gasteiger partial charge in [0.1, 0.15) is 11.4 Å². The van der Waals surface area contributed by atoms with Crippen LogP contribution < -0.4 is 0 Å². The van der Waals surface area contributed by atoms with Crippen LogP contribution in [0.3, 0.4) is 0 Å². The van der Waals surface area contributed by atoms with Gasteiger partial charge in [0.25, 0.3) is 0 Å². The summed E-state index contributed by atoms with van der Waals surface area (Å²) in [6.07, 6.45) is 8.83. The number of hydrogen-bond acceptors (Lipinski definition) is 2. The summed E-state index contributed by atoms with van der Waals surface area (Å²) >= 11 is 0. The molecule has 0 radical (unpaired) electrons. The van der Waals surface area contributed by atoms with Crippen molar-refractivity contribution in [2.24, 2.45) is 0 Å². The SMILES string of the molecule is CCCC1=CCC(O)(c2ccccc2O)C=C1CCC. The van der Waals surface area contributed by atoms with Crippen LogP contribution in [-0.4, -0.2) is 10.2 Å². The maximum atomic E-state index is 10.9. The lowest BCUT2D eigenvalue weighted by atomic mass is 9.79. The minimum atomic E-state index is -1.08. The van der Waals surface area contributed by atoms with Gasteiger partial charge in [-0.1, -0.05) is 51.0 Å². The van der Waals surface area contributed by atoms with Gasteiger partial charge in [0.05, 0.1) is 0 Å². The number of phenolic OH excluding ortho intramolecular Hbond substituents is 1. The summed E-state index contributed by atoms with van der Waals surface area (Å²) in [6, 6.07) is 7.06. The third-order valence-electron chi connectivity index (χ3n) is 3.89. The summed E-state index contributed by atoms with van der Waals surface area (Å²) in [5.41, 5.74) is 2.11. The Balaban J connectivity index is 2.37. The van der Waals surface area contributed by atoms with Crippen LogP contribution in [0, 0.1) is 0 Å². The first-order valence-corrected chi connectivity index (χ1v) is 7.52. The standard InChI is InChI=1S/C18H24O2/c1-3-7-14-11-12-18(20,13-15(14)8-4-2)16-9-5-6-10-17(16)19/h5-6,9-11,13,19-20H,3-4,7-8,12H2,1-2H3. The molecule has 0 saturated heterocycles. The van der Waals surface area contributed by atoms with Crippen molar-refractivity contribution in [2.45, 2.75) is 51.6 Å². The molecule has 2 nitrogen and oxygen atoms in total. The molecule has 0 saturated carbocycles. The number of allylic oxidation sites excluding steroid dienone is 2. The Morgan fingerprint density at radius 3 is 2.35 bits per heavy atom. The number of benzene rings is 1. The largest absolute Gasteiger partial charge is 0.508 e. The van der Waals surface area contributed by atoms with Crippen molar-refractivity contribution in [1.29, 1.82) is 0 Å². The molecule has 1 unspecified atom stereocenters. The van der Waals surface area contributed by atoms with Gasteiger partial charge in [0.2, 0.25) is 0 Å². The van der Waals surface area contributed by atoms with E-state index in [1.807, 2.05) is 12.1 Å². The summed E-state index contributed by atoms with van der Waals surface area (Å²) in [6.45, 7) is 4.33. The fourth-order valence-corrected chi connectivity index (χ4v) is 2.91. The van der Waals surface area contributed by atoms with Crippen LogP contribution in [0.5, 0.6) is 5.75 Å². The molecule has 2 rings (SSSR count). The summed E-state index contributed by atoms with van der Waals surface area (Å²) in [5.74, 6) is 0.162. The van der Waals surface area contributed by atoms with Crippen LogP contribution in [0.15, 0.2) is 47.6 Å². The van der Waals surface area contributed by atoms with E-state index in [0.29, 0.717) is 12.0 Å². The predicted molar refractivity (Wildman–Crippen MR) is 82.6 cm³/mol. The molecule has 0 aromatic heterocycles. The second kappa shape index (κ2) is 6.27. The van der Waals surface area contributed by atoms with Gasteiger partial charge < -0.3 is 10.2 Å². The monoisotopic (exact) mass is 272 g/mol. The van der Waals surface area contributed by atoms with Gasteiger partial charge in [-0.2, -0.15) is 0 Å². The third-order valence-corrected chi connectivity index (χ3v) is 3.89. The molecule has 20 heavy (non-hydrogen) atoms. The second-order valence-corrected chi connectivity index (χ2v) is 5.54. The van der Waals surface area contributed by atoms with Crippen LogP contribution in [0.1, 0.15) is 51.5 Å². The molecular weight excluding hydrogens is 248 g/mol. The fraction of sp³-hybridized carbons (Fsp3) is 0.444. The molecule has 1 aliphatic carbocycles. The number of aromatic hydroxyl groups is 1. The molecular formula is C18H24O2. The Bertz CT molecular complexity index is 528. The molecule has 0 fully saturated rings. The van der Waals surface area contributed by atoms with Gasteiger partial charge in [-0.15, -0.1) is 0 Å². The van der Waals surface area contributed by atoms with Crippen molar-refractivity contribution in [3.05, 3.63) is 53.1 Å². The highest BCUT2D eigenvalue weighted by atomic mass is 16.3.